The number of hydrogen-bond acceptors (Lipinski definition) is 4. The Morgan fingerprint density at radius 3 is 2.74 bits per heavy atom. The maximum atomic E-state index is 5.89. The first kappa shape index (κ1) is 20.0. The number of oxazole rings is 1. The van der Waals surface area contributed by atoms with Crippen LogP contribution in [0, 0.1) is 0 Å². The van der Waals surface area contributed by atoms with Crippen LogP contribution in [0.4, 0.5) is 0 Å². The topological polar surface area (TPSA) is 41.3 Å². The second kappa shape index (κ2) is 9.93. The fourth-order valence-corrected chi connectivity index (χ4v) is 2.90. The Labute approximate surface area is 150 Å². The molecule has 1 N–H and O–H groups in total. The highest BCUT2D eigenvalue weighted by molar-refractivity contribution is 5.85. The van der Waals surface area contributed by atoms with Gasteiger partial charge >= 0.3 is 0 Å². The molecule has 2 heterocycles. The second-order valence-electron chi connectivity index (χ2n) is 5.73. The summed E-state index contributed by atoms with van der Waals surface area (Å²) in [6.07, 6.45) is 5.52. The van der Waals surface area contributed by atoms with Crippen LogP contribution in [0.3, 0.4) is 0 Å². The molecular formula is C17H25Cl2N3O. The van der Waals surface area contributed by atoms with Crippen molar-refractivity contribution < 1.29 is 4.42 Å². The van der Waals surface area contributed by atoms with Gasteiger partial charge in [0.2, 0.25) is 5.89 Å². The first-order valence-corrected chi connectivity index (χ1v) is 7.74. The van der Waals surface area contributed by atoms with E-state index in [-0.39, 0.29) is 24.8 Å². The van der Waals surface area contributed by atoms with E-state index in [1.807, 2.05) is 36.5 Å². The third-order valence-corrected chi connectivity index (χ3v) is 4.17. The molecule has 1 saturated heterocycles. The van der Waals surface area contributed by atoms with E-state index in [1.165, 1.54) is 19.3 Å². The second-order valence-corrected chi connectivity index (χ2v) is 5.73. The predicted octanol–water partition coefficient (Wildman–Crippen LogP) is 3.76. The monoisotopic (exact) mass is 357 g/mol. The molecule has 0 spiro atoms. The van der Waals surface area contributed by atoms with Crippen LogP contribution in [0.2, 0.25) is 0 Å². The molecule has 128 valence electrons. The van der Waals surface area contributed by atoms with Crippen molar-refractivity contribution in [2.24, 2.45) is 0 Å². The van der Waals surface area contributed by atoms with Crippen LogP contribution in [-0.2, 0) is 6.54 Å². The maximum absolute atomic E-state index is 5.89. The van der Waals surface area contributed by atoms with Crippen molar-refractivity contribution in [3.63, 3.8) is 0 Å². The van der Waals surface area contributed by atoms with E-state index in [4.69, 9.17) is 4.42 Å². The fourth-order valence-electron chi connectivity index (χ4n) is 2.90. The summed E-state index contributed by atoms with van der Waals surface area (Å²) >= 11 is 0. The molecule has 0 saturated carbocycles. The van der Waals surface area contributed by atoms with Gasteiger partial charge in [0.05, 0.1) is 12.7 Å². The first-order valence-electron chi connectivity index (χ1n) is 7.74. The van der Waals surface area contributed by atoms with Crippen molar-refractivity contribution in [2.75, 3.05) is 20.1 Å². The summed E-state index contributed by atoms with van der Waals surface area (Å²) in [5.74, 6) is 1.65. The van der Waals surface area contributed by atoms with Gasteiger partial charge < -0.3 is 9.73 Å². The number of halogens is 2. The minimum atomic E-state index is 0. The minimum Gasteiger partial charge on any atom is -0.439 e. The van der Waals surface area contributed by atoms with Crippen molar-refractivity contribution in [1.29, 1.82) is 0 Å². The van der Waals surface area contributed by atoms with Gasteiger partial charge in [-0.05, 0) is 39.4 Å². The number of aromatic nitrogens is 1. The Bertz CT molecular complexity index is 554. The molecule has 0 radical (unpaired) electrons. The molecule has 0 amide bonds. The normalized spacial score (nSPS) is 17.9. The molecular weight excluding hydrogens is 333 g/mol. The number of benzene rings is 1. The molecule has 1 aliphatic rings. The van der Waals surface area contributed by atoms with E-state index in [9.17, 15) is 0 Å². The highest BCUT2D eigenvalue weighted by Gasteiger charge is 2.18. The summed E-state index contributed by atoms with van der Waals surface area (Å²) in [6, 6.07) is 10.8. The third-order valence-electron chi connectivity index (χ3n) is 4.17. The molecule has 0 aliphatic carbocycles. The van der Waals surface area contributed by atoms with Gasteiger partial charge in [0.15, 0.2) is 5.76 Å². The maximum Gasteiger partial charge on any atom is 0.209 e. The zero-order valence-electron chi connectivity index (χ0n) is 13.4. The van der Waals surface area contributed by atoms with Gasteiger partial charge in [0.25, 0.3) is 0 Å². The Kier molecular flexibility index (Phi) is 8.63. The van der Waals surface area contributed by atoms with E-state index in [0.29, 0.717) is 6.04 Å². The van der Waals surface area contributed by atoms with Gasteiger partial charge in [0, 0.05) is 11.6 Å². The minimum absolute atomic E-state index is 0. The van der Waals surface area contributed by atoms with E-state index in [0.717, 1.165) is 36.8 Å². The highest BCUT2D eigenvalue weighted by Crippen LogP contribution is 2.21. The lowest BCUT2D eigenvalue weighted by Crippen LogP contribution is -2.32. The molecule has 1 aromatic heterocycles. The summed E-state index contributed by atoms with van der Waals surface area (Å²) in [5, 5.41) is 3.46. The van der Waals surface area contributed by atoms with Crippen LogP contribution in [0.1, 0.15) is 25.2 Å². The predicted molar refractivity (Wildman–Crippen MR) is 98.4 cm³/mol. The molecule has 2 aromatic rings. The van der Waals surface area contributed by atoms with Crippen molar-refractivity contribution in [2.45, 2.75) is 31.8 Å². The Hall–Kier alpha value is -1.07. The molecule has 23 heavy (non-hydrogen) atoms. The van der Waals surface area contributed by atoms with Crippen LogP contribution in [0.25, 0.3) is 11.3 Å². The van der Waals surface area contributed by atoms with Crippen LogP contribution < -0.4 is 5.32 Å². The highest BCUT2D eigenvalue weighted by atomic mass is 35.5. The number of nitrogens with one attached hydrogen (secondary N) is 1. The zero-order valence-corrected chi connectivity index (χ0v) is 15.0. The molecule has 4 nitrogen and oxygen atoms in total. The quantitative estimate of drug-likeness (QED) is 0.904. The molecule has 3 rings (SSSR count). The van der Waals surface area contributed by atoms with E-state index >= 15 is 0 Å². The van der Waals surface area contributed by atoms with Gasteiger partial charge in [-0.3, -0.25) is 4.90 Å². The van der Waals surface area contributed by atoms with E-state index < -0.39 is 0 Å². The molecule has 0 bridgehead atoms. The van der Waals surface area contributed by atoms with Crippen molar-refractivity contribution >= 4 is 24.8 Å². The Balaban J connectivity index is 0.00000132. The third kappa shape index (κ3) is 5.50. The van der Waals surface area contributed by atoms with E-state index in [2.05, 4.69) is 22.2 Å². The molecule has 1 aromatic carbocycles. The summed E-state index contributed by atoms with van der Waals surface area (Å²) < 4.78 is 5.89. The summed E-state index contributed by atoms with van der Waals surface area (Å²) in [6.45, 7) is 3.02. The average molecular weight is 358 g/mol. The largest absolute Gasteiger partial charge is 0.439 e. The standard InChI is InChI=1S/C17H23N3O.2ClH/c1-20(15-8-5-10-18-11-9-15)13-17-19-12-16(21-17)14-6-3-2-4-7-14;;/h2-4,6-7,12,15,18H,5,8-11,13H2,1H3;2*1H. The SMILES string of the molecule is CN(Cc1ncc(-c2ccccc2)o1)C1CCCNCC1.Cl.Cl. The lowest BCUT2D eigenvalue weighted by Gasteiger charge is -2.25. The molecule has 1 unspecified atom stereocenters. The summed E-state index contributed by atoms with van der Waals surface area (Å²) in [5.41, 5.74) is 1.08. The van der Waals surface area contributed by atoms with E-state index in [1.54, 1.807) is 0 Å². The van der Waals surface area contributed by atoms with Crippen LogP contribution in [0.5, 0.6) is 0 Å². The van der Waals surface area contributed by atoms with Crippen LogP contribution in [0.15, 0.2) is 40.9 Å². The van der Waals surface area contributed by atoms with Gasteiger partial charge in [-0.25, -0.2) is 4.98 Å². The van der Waals surface area contributed by atoms with Crippen LogP contribution >= 0.6 is 24.8 Å². The van der Waals surface area contributed by atoms with Crippen LogP contribution in [-0.4, -0.2) is 36.1 Å². The lowest BCUT2D eigenvalue weighted by atomic mass is 10.1. The Morgan fingerprint density at radius 2 is 1.96 bits per heavy atom. The van der Waals surface area contributed by atoms with Gasteiger partial charge in [-0.15, -0.1) is 24.8 Å². The molecule has 6 heteroatoms. The lowest BCUT2D eigenvalue weighted by molar-refractivity contribution is 0.198. The zero-order chi connectivity index (χ0) is 14.5. The smallest absolute Gasteiger partial charge is 0.209 e. The van der Waals surface area contributed by atoms with Gasteiger partial charge in [-0.2, -0.15) is 0 Å². The summed E-state index contributed by atoms with van der Waals surface area (Å²) in [4.78, 5) is 6.80. The summed E-state index contributed by atoms with van der Waals surface area (Å²) in [7, 11) is 2.17. The number of nitrogens with zero attached hydrogens (tertiary/aromatic N) is 2. The molecule has 1 aliphatic heterocycles. The van der Waals surface area contributed by atoms with Crippen molar-refractivity contribution in [3.8, 4) is 11.3 Å². The average Bonchev–Trinajstić information content (AvgIpc) is 2.81. The number of hydrogen-bond donors (Lipinski definition) is 1. The van der Waals surface area contributed by atoms with Crippen molar-refractivity contribution in [1.82, 2.24) is 15.2 Å². The van der Waals surface area contributed by atoms with Gasteiger partial charge in [-0.1, -0.05) is 30.3 Å². The first-order chi connectivity index (χ1) is 10.3. The fraction of sp³-hybridized carbons (Fsp3) is 0.471. The Morgan fingerprint density at radius 1 is 1.17 bits per heavy atom. The van der Waals surface area contributed by atoms with Gasteiger partial charge in [0.1, 0.15) is 0 Å². The van der Waals surface area contributed by atoms with Crippen molar-refractivity contribution in [3.05, 3.63) is 42.4 Å². The number of rotatable bonds is 4. The molecule has 1 fully saturated rings. The molecule has 1 atom stereocenters.